The van der Waals surface area contributed by atoms with Crippen LogP contribution in [0.1, 0.15) is 214 Å². The van der Waals surface area contributed by atoms with E-state index >= 15 is 0 Å². The fraction of sp³-hybridized carbons (Fsp3) is 1.00. The molecule has 0 rings (SSSR count). The summed E-state index contributed by atoms with van der Waals surface area (Å²) in [6, 6.07) is 0. The van der Waals surface area contributed by atoms with Gasteiger partial charge in [0.25, 0.3) is 0 Å². The summed E-state index contributed by atoms with van der Waals surface area (Å²) in [7, 11) is 1.24. The van der Waals surface area contributed by atoms with E-state index in [0.29, 0.717) is 0 Å². The van der Waals surface area contributed by atoms with E-state index in [2.05, 4.69) is 27.7 Å². The number of hydrogen-bond donors (Lipinski definition) is 0. The second kappa shape index (κ2) is 32.6. The van der Waals surface area contributed by atoms with Gasteiger partial charge in [-0.15, -0.1) is 8.58 Å². The Bertz CT molecular complexity index is 392. The molecule has 0 saturated carbocycles. The van der Waals surface area contributed by atoms with E-state index < -0.39 is 0 Å². The average Bonchev–Trinajstić information content (AvgIpc) is 2.91. The van der Waals surface area contributed by atoms with E-state index in [1.807, 2.05) is 0 Å². The van der Waals surface area contributed by atoms with Crippen molar-refractivity contribution in [1.82, 2.24) is 0 Å². The van der Waals surface area contributed by atoms with Gasteiger partial charge in [-0.25, -0.2) is 0 Å². The second-order valence-corrected chi connectivity index (χ2v) is 14.2. The van der Waals surface area contributed by atoms with Crippen molar-refractivity contribution in [2.45, 2.75) is 220 Å². The van der Waals surface area contributed by atoms with Crippen LogP contribution in [0.3, 0.4) is 0 Å². The standard InChI is InChI=1S/C36H75P/c1-5-9-12-13-14-15-16-17-18-19-20-21-22-23-24-25-26-27-28-29-30-32-36(37-33-11-7-3)34-35(8-4)31-10-6-2/h35-37H,5-34H2,1-4H3. The maximum atomic E-state index is 2.44. The average molecular weight is 539 g/mol. The van der Waals surface area contributed by atoms with Gasteiger partial charge in [0, 0.05) is 0 Å². The molecule has 0 amide bonds. The van der Waals surface area contributed by atoms with E-state index in [1.54, 1.807) is 0 Å². The predicted molar refractivity (Wildman–Crippen MR) is 177 cm³/mol. The Balaban J connectivity index is 3.50. The molecule has 0 N–H and O–H groups in total. The molecule has 0 saturated heterocycles. The molecule has 0 aromatic heterocycles. The molecular formula is C36H75P. The van der Waals surface area contributed by atoms with Gasteiger partial charge in [0.2, 0.25) is 0 Å². The Morgan fingerprint density at radius 3 is 1.14 bits per heavy atom. The molecule has 0 aliphatic heterocycles. The molecule has 3 atom stereocenters. The minimum atomic E-state index is 1.01. The van der Waals surface area contributed by atoms with Crippen molar-refractivity contribution in [3.05, 3.63) is 0 Å². The summed E-state index contributed by atoms with van der Waals surface area (Å²) in [4.78, 5) is 0. The van der Waals surface area contributed by atoms with E-state index in [9.17, 15) is 0 Å². The van der Waals surface area contributed by atoms with Crippen molar-refractivity contribution in [2.75, 3.05) is 6.16 Å². The molecule has 37 heavy (non-hydrogen) atoms. The van der Waals surface area contributed by atoms with Gasteiger partial charge in [-0.05, 0) is 37.0 Å². The first-order chi connectivity index (χ1) is 18.3. The number of unbranched alkanes of at least 4 members (excludes halogenated alkanes) is 22. The maximum Gasteiger partial charge on any atom is -0.0234 e. The van der Waals surface area contributed by atoms with Crippen molar-refractivity contribution in [1.29, 1.82) is 0 Å². The van der Waals surface area contributed by atoms with Gasteiger partial charge >= 0.3 is 0 Å². The highest BCUT2D eigenvalue weighted by Crippen LogP contribution is 2.33. The van der Waals surface area contributed by atoms with Crippen LogP contribution in [0.15, 0.2) is 0 Å². The third-order valence-corrected chi connectivity index (χ3v) is 10.5. The molecule has 0 aromatic rings. The van der Waals surface area contributed by atoms with E-state index in [4.69, 9.17) is 0 Å². The van der Waals surface area contributed by atoms with Crippen LogP contribution in [-0.4, -0.2) is 11.8 Å². The highest BCUT2D eigenvalue weighted by Gasteiger charge is 2.15. The van der Waals surface area contributed by atoms with Crippen LogP contribution in [0.4, 0.5) is 0 Å². The van der Waals surface area contributed by atoms with Crippen LogP contribution in [0.25, 0.3) is 0 Å². The van der Waals surface area contributed by atoms with Crippen LogP contribution in [0, 0.1) is 5.92 Å². The maximum absolute atomic E-state index is 2.44. The summed E-state index contributed by atoms with van der Waals surface area (Å²) in [5, 5.41) is 0. The highest BCUT2D eigenvalue weighted by molar-refractivity contribution is 7.38. The molecule has 0 aliphatic carbocycles. The lowest BCUT2D eigenvalue weighted by Gasteiger charge is -2.23. The smallest absolute Gasteiger partial charge is 0.0234 e. The Kier molecular flexibility index (Phi) is 33.0. The fourth-order valence-electron chi connectivity index (χ4n) is 5.99. The summed E-state index contributed by atoms with van der Waals surface area (Å²) in [5.74, 6) is 1.01. The van der Waals surface area contributed by atoms with Gasteiger partial charge in [-0.1, -0.05) is 195 Å². The summed E-state index contributed by atoms with van der Waals surface area (Å²) in [6.07, 6.45) is 44.3. The molecule has 0 radical (unpaired) electrons. The first-order valence-corrected chi connectivity index (χ1v) is 19.3. The van der Waals surface area contributed by atoms with Crippen LogP contribution >= 0.6 is 8.58 Å². The van der Waals surface area contributed by atoms with Crippen molar-refractivity contribution in [3.63, 3.8) is 0 Å². The topological polar surface area (TPSA) is 0 Å². The van der Waals surface area contributed by atoms with Crippen molar-refractivity contribution in [3.8, 4) is 0 Å². The summed E-state index contributed by atoms with van der Waals surface area (Å²) < 4.78 is 0. The second-order valence-electron chi connectivity index (χ2n) is 12.5. The van der Waals surface area contributed by atoms with Gasteiger partial charge in [-0.3, -0.25) is 0 Å². The van der Waals surface area contributed by atoms with Crippen LogP contribution in [0.2, 0.25) is 0 Å². The Morgan fingerprint density at radius 1 is 0.378 bits per heavy atom. The monoisotopic (exact) mass is 539 g/mol. The summed E-state index contributed by atoms with van der Waals surface area (Å²) in [6.45, 7) is 9.46. The zero-order valence-electron chi connectivity index (χ0n) is 26.9. The largest absolute Gasteiger partial charge is 0.119 e. The molecule has 0 heterocycles. The normalized spacial score (nSPS) is 13.6. The first kappa shape index (κ1) is 37.4. The molecule has 3 unspecified atom stereocenters. The lowest BCUT2D eigenvalue weighted by atomic mass is 9.92. The number of hydrogen-bond acceptors (Lipinski definition) is 0. The molecule has 0 aromatic carbocycles. The van der Waals surface area contributed by atoms with Crippen molar-refractivity contribution < 1.29 is 0 Å². The SMILES string of the molecule is CCCCCCCCCCCCCCCCCCCCCCCC(CC(CC)CCCC)PCCCC. The quantitative estimate of drug-likeness (QED) is 0.0590. The molecule has 0 nitrogen and oxygen atoms in total. The van der Waals surface area contributed by atoms with Gasteiger partial charge < -0.3 is 0 Å². The van der Waals surface area contributed by atoms with Gasteiger partial charge in [0.05, 0.1) is 0 Å². The summed E-state index contributed by atoms with van der Waals surface area (Å²) >= 11 is 0. The van der Waals surface area contributed by atoms with Crippen LogP contribution in [0.5, 0.6) is 0 Å². The Labute approximate surface area is 239 Å². The van der Waals surface area contributed by atoms with E-state index in [0.717, 1.165) is 11.6 Å². The summed E-state index contributed by atoms with van der Waals surface area (Å²) in [5.41, 5.74) is 1.05. The fourth-order valence-corrected chi connectivity index (χ4v) is 7.87. The third-order valence-electron chi connectivity index (χ3n) is 8.78. The van der Waals surface area contributed by atoms with Gasteiger partial charge in [0.1, 0.15) is 0 Å². The Morgan fingerprint density at radius 2 is 0.757 bits per heavy atom. The molecular weight excluding hydrogens is 463 g/mol. The zero-order valence-corrected chi connectivity index (χ0v) is 27.9. The molecule has 0 aliphatic rings. The van der Waals surface area contributed by atoms with Gasteiger partial charge in [0.15, 0.2) is 0 Å². The van der Waals surface area contributed by atoms with Crippen molar-refractivity contribution in [2.24, 2.45) is 5.92 Å². The van der Waals surface area contributed by atoms with Crippen molar-refractivity contribution >= 4 is 8.58 Å². The lowest BCUT2D eigenvalue weighted by Crippen LogP contribution is -2.10. The number of rotatable bonds is 32. The third kappa shape index (κ3) is 29.2. The molecule has 224 valence electrons. The molecule has 1 heteroatoms. The van der Waals surface area contributed by atoms with Crippen LogP contribution in [-0.2, 0) is 0 Å². The first-order valence-electron chi connectivity index (χ1n) is 18.0. The lowest BCUT2D eigenvalue weighted by molar-refractivity contribution is 0.404. The molecule has 0 spiro atoms. The van der Waals surface area contributed by atoms with E-state index in [1.165, 1.54) is 201 Å². The molecule has 0 bridgehead atoms. The van der Waals surface area contributed by atoms with E-state index in [-0.39, 0.29) is 0 Å². The minimum Gasteiger partial charge on any atom is -0.119 e. The zero-order chi connectivity index (χ0) is 27.1. The minimum absolute atomic E-state index is 1.01. The predicted octanol–water partition coefficient (Wildman–Crippen LogP) is 14.0. The van der Waals surface area contributed by atoms with Crippen LogP contribution < -0.4 is 0 Å². The van der Waals surface area contributed by atoms with Gasteiger partial charge in [-0.2, -0.15) is 0 Å². The Hall–Kier alpha value is 0.430. The molecule has 0 fully saturated rings. The highest BCUT2D eigenvalue weighted by atomic mass is 31.1.